The first-order valence-corrected chi connectivity index (χ1v) is 14.2. The van der Waals surface area contributed by atoms with Crippen LogP contribution in [0.5, 0.6) is 0 Å². The number of carbonyl (C=O) groups is 4. The molecular formula is C32H39N7O5. The summed E-state index contributed by atoms with van der Waals surface area (Å²) in [5.74, 6) is -1.67. The standard InChI is InChI=1S/C32H39N7O5/c1-2-44-32(43)38-31(42)37-20-22-15-17-23(18-16-22)21-39(26(28(33)40)14-9-19-36-30(34)35)29(41)27(24-10-5-3-6-11-24)25-12-7-4-8-13-25/h3-8,10-13,15-18,26-27H,2,9,14,19-21H2,1H3,(H2,33,40)(H4,34,35,36)(H2,37,38,42,43)/t26-/m1/s1. The van der Waals surface area contributed by atoms with Gasteiger partial charge in [-0.2, -0.15) is 0 Å². The van der Waals surface area contributed by atoms with Gasteiger partial charge in [0.15, 0.2) is 5.96 Å². The van der Waals surface area contributed by atoms with Crippen molar-refractivity contribution in [3.05, 3.63) is 107 Å². The SMILES string of the molecule is CCOC(=O)NC(=O)NCc1ccc(CN(C(=O)C(c2ccccc2)c2ccccc2)[C@H](CCCN=C(N)N)C(N)=O)cc1. The van der Waals surface area contributed by atoms with Crippen LogP contribution in [0.3, 0.4) is 0 Å². The van der Waals surface area contributed by atoms with Gasteiger partial charge in [-0.05, 0) is 42.0 Å². The molecule has 0 fully saturated rings. The zero-order chi connectivity index (χ0) is 31.9. The predicted octanol–water partition coefficient (Wildman–Crippen LogP) is 2.71. The number of nitrogens with zero attached hydrogens (tertiary/aromatic N) is 2. The number of carbonyl (C=O) groups excluding carboxylic acids is 4. The highest BCUT2D eigenvalue weighted by Crippen LogP contribution is 2.29. The smallest absolute Gasteiger partial charge is 0.415 e. The van der Waals surface area contributed by atoms with Crippen LogP contribution in [-0.2, 0) is 27.4 Å². The Morgan fingerprint density at radius 3 is 1.93 bits per heavy atom. The van der Waals surface area contributed by atoms with Crippen molar-refractivity contribution < 1.29 is 23.9 Å². The van der Waals surface area contributed by atoms with Crippen molar-refractivity contribution >= 4 is 29.9 Å². The van der Waals surface area contributed by atoms with E-state index >= 15 is 0 Å². The third-order valence-electron chi connectivity index (χ3n) is 6.75. The predicted molar refractivity (Wildman–Crippen MR) is 167 cm³/mol. The van der Waals surface area contributed by atoms with E-state index in [1.807, 2.05) is 60.7 Å². The van der Waals surface area contributed by atoms with Crippen molar-refractivity contribution in [3.8, 4) is 0 Å². The molecule has 1 atom stereocenters. The Morgan fingerprint density at radius 1 is 0.841 bits per heavy atom. The number of rotatable bonds is 14. The largest absolute Gasteiger partial charge is 0.450 e. The molecule has 3 rings (SSSR count). The summed E-state index contributed by atoms with van der Waals surface area (Å²) >= 11 is 0. The quantitative estimate of drug-likeness (QED) is 0.106. The first kappa shape index (κ1) is 33.1. The fourth-order valence-electron chi connectivity index (χ4n) is 4.67. The lowest BCUT2D eigenvalue weighted by atomic mass is 9.89. The van der Waals surface area contributed by atoms with Gasteiger partial charge in [-0.15, -0.1) is 0 Å². The minimum absolute atomic E-state index is 0.0604. The van der Waals surface area contributed by atoms with Gasteiger partial charge in [0.25, 0.3) is 0 Å². The molecule has 0 heterocycles. The minimum atomic E-state index is -0.931. The first-order valence-electron chi connectivity index (χ1n) is 14.2. The maximum atomic E-state index is 14.5. The number of hydrogen-bond acceptors (Lipinski definition) is 6. The Kier molecular flexibility index (Phi) is 12.7. The highest BCUT2D eigenvalue weighted by Gasteiger charge is 2.34. The maximum Gasteiger partial charge on any atom is 0.415 e. The van der Waals surface area contributed by atoms with Gasteiger partial charge in [0.1, 0.15) is 6.04 Å². The van der Waals surface area contributed by atoms with Crippen LogP contribution in [0, 0.1) is 0 Å². The number of urea groups is 1. The lowest BCUT2D eigenvalue weighted by molar-refractivity contribution is -0.141. The van der Waals surface area contributed by atoms with Crippen molar-refractivity contribution in [3.63, 3.8) is 0 Å². The molecule has 3 aromatic carbocycles. The summed E-state index contributed by atoms with van der Waals surface area (Å²) in [6.45, 7) is 2.30. The highest BCUT2D eigenvalue weighted by molar-refractivity contribution is 5.92. The van der Waals surface area contributed by atoms with Crippen LogP contribution < -0.4 is 27.8 Å². The molecule has 8 N–H and O–H groups in total. The van der Waals surface area contributed by atoms with Crippen LogP contribution in [0.2, 0.25) is 0 Å². The van der Waals surface area contributed by atoms with Crippen LogP contribution in [0.25, 0.3) is 0 Å². The van der Waals surface area contributed by atoms with Crippen molar-refractivity contribution in [1.29, 1.82) is 0 Å². The van der Waals surface area contributed by atoms with E-state index in [4.69, 9.17) is 21.9 Å². The molecule has 12 heteroatoms. The summed E-state index contributed by atoms with van der Waals surface area (Å²) in [6.07, 6.45) is -0.155. The van der Waals surface area contributed by atoms with Crippen molar-refractivity contribution in [2.45, 2.75) is 44.8 Å². The normalized spacial score (nSPS) is 11.2. The summed E-state index contributed by atoms with van der Waals surface area (Å²) in [5, 5.41) is 4.65. The number of amides is 5. The molecule has 0 aromatic heterocycles. The zero-order valence-corrected chi connectivity index (χ0v) is 24.6. The number of primary amides is 1. The molecule has 0 aliphatic heterocycles. The molecule has 0 saturated heterocycles. The highest BCUT2D eigenvalue weighted by atomic mass is 16.5. The second-order valence-corrected chi connectivity index (χ2v) is 9.93. The molecule has 0 spiro atoms. The molecule has 0 unspecified atom stereocenters. The molecule has 0 saturated carbocycles. The number of alkyl carbamates (subject to hydrolysis) is 1. The molecule has 0 radical (unpaired) electrons. The Bertz CT molecular complexity index is 1370. The second kappa shape index (κ2) is 16.9. The van der Waals surface area contributed by atoms with Crippen LogP contribution in [0.1, 0.15) is 47.9 Å². The van der Waals surface area contributed by atoms with Gasteiger partial charge >= 0.3 is 12.1 Å². The molecule has 12 nitrogen and oxygen atoms in total. The van der Waals surface area contributed by atoms with Crippen LogP contribution in [0.15, 0.2) is 89.9 Å². The van der Waals surface area contributed by atoms with Crippen LogP contribution in [-0.4, -0.2) is 54.0 Å². The Hall–Kier alpha value is -5.39. The van der Waals surface area contributed by atoms with E-state index < -0.39 is 30.0 Å². The Labute approximate surface area is 256 Å². The summed E-state index contributed by atoms with van der Waals surface area (Å²) in [7, 11) is 0. The fraction of sp³-hybridized carbons (Fsp3) is 0.281. The minimum Gasteiger partial charge on any atom is -0.450 e. The molecule has 0 aliphatic carbocycles. The number of benzene rings is 3. The number of hydrogen-bond donors (Lipinski definition) is 5. The lowest BCUT2D eigenvalue weighted by Gasteiger charge is -2.33. The number of nitrogens with two attached hydrogens (primary N) is 3. The van der Waals surface area contributed by atoms with Gasteiger partial charge in [-0.1, -0.05) is 84.9 Å². The topological polar surface area (TPSA) is 195 Å². The molecule has 3 aromatic rings. The van der Waals surface area contributed by atoms with E-state index in [0.29, 0.717) is 6.42 Å². The molecular weight excluding hydrogens is 562 g/mol. The molecule has 0 bridgehead atoms. The molecule has 0 aliphatic rings. The monoisotopic (exact) mass is 601 g/mol. The average molecular weight is 602 g/mol. The number of guanidine groups is 1. The van der Waals surface area contributed by atoms with Gasteiger partial charge in [0.2, 0.25) is 11.8 Å². The van der Waals surface area contributed by atoms with E-state index in [1.165, 1.54) is 4.90 Å². The summed E-state index contributed by atoms with van der Waals surface area (Å²) in [5.41, 5.74) is 19.9. The number of nitrogens with one attached hydrogen (secondary N) is 2. The van der Waals surface area contributed by atoms with E-state index in [0.717, 1.165) is 22.3 Å². The second-order valence-electron chi connectivity index (χ2n) is 9.93. The van der Waals surface area contributed by atoms with Gasteiger partial charge < -0.3 is 32.2 Å². The van der Waals surface area contributed by atoms with E-state index in [1.54, 1.807) is 31.2 Å². The van der Waals surface area contributed by atoms with Crippen LogP contribution in [0.4, 0.5) is 9.59 Å². The molecule has 232 valence electrons. The molecule has 44 heavy (non-hydrogen) atoms. The zero-order valence-electron chi connectivity index (χ0n) is 24.6. The third kappa shape index (κ3) is 10.2. The van der Waals surface area contributed by atoms with Crippen molar-refractivity contribution in [2.24, 2.45) is 22.2 Å². The Balaban J connectivity index is 1.88. The van der Waals surface area contributed by atoms with Gasteiger partial charge in [0, 0.05) is 19.6 Å². The van der Waals surface area contributed by atoms with Crippen LogP contribution >= 0.6 is 0 Å². The number of aliphatic imine (C=N–C) groups is 1. The van der Waals surface area contributed by atoms with Gasteiger partial charge in [-0.3, -0.25) is 14.6 Å². The average Bonchev–Trinajstić information content (AvgIpc) is 3.00. The van der Waals surface area contributed by atoms with Gasteiger partial charge in [0.05, 0.1) is 12.5 Å². The van der Waals surface area contributed by atoms with Gasteiger partial charge in [-0.25, -0.2) is 14.9 Å². The van der Waals surface area contributed by atoms with E-state index in [2.05, 4.69) is 15.6 Å². The van der Waals surface area contributed by atoms with E-state index in [-0.39, 0.29) is 44.5 Å². The molecule has 5 amide bonds. The number of ether oxygens (including phenoxy) is 1. The third-order valence-corrected chi connectivity index (χ3v) is 6.75. The lowest BCUT2D eigenvalue weighted by Crippen LogP contribution is -2.49. The number of imide groups is 1. The summed E-state index contributed by atoms with van der Waals surface area (Å²) < 4.78 is 4.69. The summed E-state index contributed by atoms with van der Waals surface area (Å²) in [4.78, 5) is 56.2. The van der Waals surface area contributed by atoms with Crippen molar-refractivity contribution in [1.82, 2.24) is 15.5 Å². The fourth-order valence-corrected chi connectivity index (χ4v) is 4.67. The maximum absolute atomic E-state index is 14.5. The van der Waals surface area contributed by atoms with E-state index in [9.17, 15) is 19.2 Å². The van der Waals surface area contributed by atoms with Crippen molar-refractivity contribution in [2.75, 3.05) is 13.2 Å². The summed E-state index contributed by atoms with van der Waals surface area (Å²) in [6, 6.07) is 24.3. The first-order chi connectivity index (χ1) is 21.2. The Morgan fingerprint density at radius 2 is 1.41 bits per heavy atom.